The van der Waals surface area contributed by atoms with Crippen LogP contribution < -0.4 is 10.1 Å². The van der Waals surface area contributed by atoms with Crippen LogP contribution in [0.4, 0.5) is 0 Å². The van der Waals surface area contributed by atoms with E-state index in [-0.39, 0.29) is 12.4 Å². The van der Waals surface area contributed by atoms with Gasteiger partial charge in [-0.05, 0) is 35.7 Å². The highest BCUT2D eigenvalue weighted by Crippen LogP contribution is 2.30. The van der Waals surface area contributed by atoms with Gasteiger partial charge in [-0.15, -0.1) is 12.4 Å². The smallest absolute Gasteiger partial charge is 0.124 e. The Bertz CT molecular complexity index is 920. The minimum Gasteiger partial charge on any atom is -0.488 e. The predicted octanol–water partition coefficient (Wildman–Crippen LogP) is 7.31. The van der Waals surface area contributed by atoms with E-state index >= 15 is 0 Å². The molecule has 4 heteroatoms. The third-order valence-corrected chi connectivity index (χ3v) is 6.13. The maximum Gasteiger partial charge on any atom is 0.124 e. The van der Waals surface area contributed by atoms with E-state index in [9.17, 15) is 0 Å². The second-order valence-corrected chi connectivity index (χ2v) is 8.12. The molecule has 1 aliphatic carbocycles. The van der Waals surface area contributed by atoms with Crippen molar-refractivity contribution < 1.29 is 4.74 Å². The average Bonchev–Trinajstić information content (AvgIpc) is 3.01. The minimum atomic E-state index is 0. The van der Waals surface area contributed by atoms with Crippen LogP contribution in [0.2, 0.25) is 5.02 Å². The number of rotatable bonds is 6. The lowest BCUT2D eigenvalue weighted by Crippen LogP contribution is -2.28. The van der Waals surface area contributed by atoms with E-state index in [1.165, 1.54) is 54.9 Å². The van der Waals surface area contributed by atoms with Crippen LogP contribution in [0.1, 0.15) is 49.7 Å². The Hall–Kier alpha value is -1.74. The van der Waals surface area contributed by atoms with Crippen LogP contribution in [-0.2, 0) is 13.2 Å². The van der Waals surface area contributed by atoms with Gasteiger partial charge in [-0.1, -0.05) is 85.8 Å². The van der Waals surface area contributed by atoms with E-state index in [1.807, 2.05) is 24.3 Å². The summed E-state index contributed by atoms with van der Waals surface area (Å²) in [5.74, 6) is 0.944. The van der Waals surface area contributed by atoms with Gasteiger partial charge < -0.3 is 10.1 Å². The Labute approximate surface area is 185 Å². The van der Waals surface area contributed by atoms with Crippen molar-refractivity contribution in [1.29, 1.82) is 0 Å². The fourth-order valence-corrected chi connectivity index (χ4v) is 4.32. The summed E-state index contributed by atoms with van der Waals surface area (Å²) in [5, 5.41) is 7.08. The summed E-state index contributed by atoms with van der Waals surface area (Å²) in [6, 6.07) is 21.3. The molecule has 1 aliphatic rings. The van der Waals surface area contributed by atoms with E-state index in [0.717, 1.165) is 22.9 Å². The van der Waals surface area contributed by atoms with Gasteiger partial charge in [0.1, 0.15) is 12.4 Å². The van der Waals surface area contributed by atoms with Gasteiger partial charge in [0.2, 0.25) is 0 Å². The van der Waals surface area contributed by atoms with E-state index in [1.54, 1.807) is 0 Å². The molecule has 0 heterocycles. The number of benzene rings is 3. The SMILES string of the molecule is Cl.Clc1ccccc1COc1ccc2ccccc2c1CNC1CCCCCC1. The van der Waals surface area contributed by atoms with Crippen molar-refractivity contribution in [2.45, 2.75) is 57.7 Å². The summed E-state index contributed by atoms with van der Waals surface area (Å²) >= 11 is 6.31. The van der Waals surface area contributed by atoms with Gasteiger partial charge in [-0.25, -0.2) is 0 Å². The Morgan fingerprint density at radius 2 is 1.59 bits per heavy atom. The van der Waals surface area contributed by atoms with Crippen LogP contribution in [-0.4, -0.2) is 6.04 Å². The zero-order chi connectivity index (χ0) is 19.2. The van der Waals surface area contributed by atoms with Crippen LogP contribution >= 0.6 is 24.0 Å². The molecule has 3 aromatic carbocycles. The molecular formula is C25H29Cl2NO. The molecule has 1 saturated carbocycles. The van der Waals surface area contributed by atoms with E-state index < -0.39 is 0 Å². The van der Waals surface area contributed by atoms with Crippen molar-refractivity contribution in [1.82, 2.24) is 5.32 Å². The summed E-state index contributed by atoms with van der Waals surface area (Å²) in [6.07, 6.45) is 7.98. The zero-order valence-corrected chi connectivity index (χ0v) is 18.3. The molecule has 0 amide bonds. The highest BCUT2D eigenvalue weighted by atomic mass is 35.5. The lowest BCUT2D eigenvalue weighted by atomic mass is 10.0. The number of hydrogen-bond donors (Lipinski definition) is 1. The number of ether oxygens (including phenoxy) is 1. The molecule has 1 N–H and O–H groups in total. The first-order valence-corrected chi connectivity index (χ1v) is 10.8. The standard InChI is InChI=1S/C25H28ClNO.ClH/c26-24-14-8-6-10-20(24)18-28-25-16-15-19-9-5-7-13-22(19)23(25)17-27-21-11-3-1-2-4-12-21;/h5-10,13-16,21,27H,1-4,11-12,17-18H2;1H. The molecule has 1 fully saturated rings. The third-order valence-electron chi connectivity index (χ3n) is 5.76. The molecule has 154 valence electrons. The van der Waals surface area contributed by atoms with Crippen molar-refractivity contribution >= 4 is 34.8 Å². The molecule has 3 aromatic rings. The summed E-state index contributed by atoms with van der Waals surface area (Å²) in [4.78, 5) is 0. The Morgan fingerprint density at radius 1 is 0.862 bits per heavy atom. The average molecular weight is 430 g/mol. The molecule has 4 rings (SSSR count). The largest absolute Gasteiger partial charge is 0.488 e. The molecule has 0 aliphatic heterocycles. The first-order chi connectivity index (χ1) is 13.8. The Kier molecular flexibility index (Phi) is 8.23. The second-order valence-electron chi connectivity index (χ2n) is 7.71. The van der Waals surface area contributed by atoms with Crippen molar-refractivity contribution in [3.05, 3.63) is 76.8 Å². The molecule has 0 atom stereocenters. The monoisotopic (exact) mass is 429 g/mol. The summed E-state index contributed by atoms with van der Waals surface area (Å²) in [7, 11) is 0. The lowest BCUT2D eigenvalue weighted by molar-refractivity contribution is 0.302. The fourth-order valence-electron chi connectivity index (χ4n) is 4.13. The second kappa shape index (κ2) is 10.9. The zero-order valence-electron chi connectivity index (χ0n) is 16.7. The highest BCUT2D eigenvalue weighted by Gasteiger charge is 2.15. The molecule has 0 unspecified atom stereocenters. The maximum absolute atomic E-state index is 6.31. The lowest BCUT2D eigenvalue weighted by Gasteiger charge is -2.20. The summed E-state index contributed by atoms with van der Waals surface area (Å²) in [6.45, 7) is 1.32. The van der Waals surface area contributed by atoms with Gasteiger partial charge in [0.25, 0.3) is 0 Å². The first kappa shape index (κ1) is 22.0. The number of halogens is 2. The van der Waals surface area contributed by atoms with Crippen LogP contribution in [0, 0.1) is 0 Å². The molecule has 29 heavy (non-hydrogen) atoms. The molecule has 0 aromatic heterocycles. The molecule has 0 radical (unpaired) electrons. The normalized spacial score (nSPS) is 14.9. The number of fused-ring (bicyclic) bond motifs is 1. The van der Waals surface area contributed by atoms with Crippen LogP contribution in [0.15, 0.2) is 60.7 Å². The molecule has 0 spiro atoms. The molecule has 0 bridgehead atoms. The minimum absolute atomic E-state index is 0. The predicted molar refractivity (Wildman–Crippen MR) is 125 cm³/mol. The van der Waals surface area contributed by atoms with Crippen molar-refractivity contribution in [3.8, 4) is 5.75 Å². The Morgan fingerprint density at radius 3 is 2.38 bits per heavy atom. The van der Waals surface area contributed by atoms with Gasteiger partial charge in [0.15, 0.2) is 0 Å². The summed E-state index contributed by atoms with van der Waals surface area (Å²) < 4.78 is 6.25. The van der Waals surface area contributed by atoms with Gasteiger partial charge in [0.05, 0.1) is 0 Å². The van der Waals surface area contributed by atoms with Crippen LogP contribution in [0.3, 0.4) is 0 Å². The Balaban J connectivity index is 0.00000240. The number of hydrogen-bond acceptors (Lipinski definition) is 2. The van der Waals surface area contributed by atoms with E-state index in [2.05, 4.69) is 41.7 Å². The summed E-state index contributed by atoms with van der Waals surface area (Å²) in [5.41, 5.74) is 2.26. The molecule has 2 nitrogen and oxygen atoms in total. The fraction of sp³-hybridized carbons (Fsp3) is 0.360. The highest BCUT2D eigenvalue weighted by molar-refractivity contribution is 6.31. The quantitative estimate of drug-likeness (QED) is 0.414. The third kappa shape index (κ3) is 5.66. The van der Waals surface area contributed by atoms with Crippen LogP contribution in [0.25, 0.3) is 10.8 Å². The van der Waals surface area contributed by atoms with E-state index in [4.69, 9.17) is 16.3 Å². The number of nitrogens with one attached hydrogen (secondary N) is 1. The topological polar surface area (TPSA) is 21.3 Å². The van der Waals surface area contributed by atoms with E-state index in [0.29, 0.717) is 12.6 Å². The van der Waals surface area contributed by atoms with Crippen molar-refractivity contribution in [3.63, 3.8) is 0 Å². The van der Waals surface area contributed by atoms with Crippen molar-refractivity contribution in [2.24, 2.45) is 0 Å². The molecule has 0 saturated heterocycles. The van der Waals surface area contributed by atoms with Gasteiger partial charge in [0, 0.05) is 28.7 Å². The van der Waals surface area contributed by atoms with Crippen molar-refractivity contribution in [2.75, 3.05) is 0 Å². The van der Waals surface area contributed by atoms with Gasteiger partial charge >= 0.3 is 0 Å². The first-order valence-electron chi connectivity index (χ1n) is 10.4. The van der Waals surface area contributed by atoms with Gasteiger partial charge in [-0.3, -0.25) is 0 Å². The van der Waals surface area contributed by atoms with Gasteiger partial charge in [-0.2, -0.15) is 0 Å². The van der Waals surface area contributed by atoms with Crippen LogP contribution in [0.5, 0.6) is 5.75 Å². The molecular weight excluding hydrogens is 401 g/mol. The maximum atomic E-state index is 6.31.